The van der Waals surface area contributed by atoms with Gasteiger partial charge in [-0.3, -0.25) is 10.6 Å². The fraction of sp³-hybridized carbons (Fsp3) is 0.191. The van der Waals surface area contributed by atoms with E-state index in [1.807, 2.05) is 27.7 Å². The first kappa shape index (κ1) is 35.0. The number of rotatable bonds is 8. The van der Waals surface area contributed by atoms with Crippen LogP contribution < -0.4 is 16.4 Å². The maximum absolute atomic E-state index is 6.14. The molecular formula is C47H49N5. The van der Waals surface area contributed by atoms with Gasteiger partial charge in [-0.1, -0.05) is 143 Å². The zero-order valence-electron chi connectivity index (χ0n) is 30.7. The standard InChI is InChI=1S/C43H37N5.2C2H6/c44-28-45-42(30-15-4-1-5-16-30)46-43(31-17-6-2-7-18-31)48-37-23-13-12-22-34(37)35-26-36-40(27-39(35)48)47(32-19-8-3-9-20-32)38-25-24-29-14-10-11-21-33(29)41(36)38;2*1-2/h1-6,8-17,19-27,42-43,45-46H,7,18,28,44H2;2*1-2H3. The summed E-state index contributed by atoms with van der Waals surface area (Å²) in [5, 5.41) is 15.1. The molecule has 0 fully saturated rings. The van der Waals surface area contributed by atoms with E-state index < -0.39 is 0 Å². The topological polar surface area (TPSA) is 59.9 Å². The van der Waals surface area contributed by atoms with Gasteiger partial charge >= 0.3 is 0 Å². The van der Waals surface area contributed by atoms with Crippen LogP contribution in [0.25, 0.3) is 60.1 Å². The van der Waals surface area contributed by atoms with Gasteiger partial charge in [0, 0.05) is 33.9 Å². The normalized spacial score (nSPS) is 13.8. The maximum Gasteiger partial charge on any atom is 0.108 e. The average Bonchev–Trinajstić information content (AvgIpc) is 3.73. The van der Waals surface area contributed by atoms with Gasteiger partial charge < -0.3 is 14.9 Å². The molecule has 0 amide bonds. The van der Waals surface area contributed by atoms with Gasteiger partial charge in [0.05, 0.1) is 28.2 Å². The molecule has 0 radical (unpaired) electrons. The fourth-order valence-electron chi connectivity index (χ4n) is 7.80. The van der Waals surface area contributed by atoms with Crippen LogP contribution in [-0.2, 0) is 0 Å². The summed E-state index contributed by atoms with van der Waals surface area (Å²) in [7, 11) is 0. The van der Waals surface area contributed by atoms with Crippen molar-refractivity contribution in [3.63, 3.8) is 0 Å². The highest BCUT2D eigenvalue weighted by Gasteiger charge is 2.27. The van der Waals surface area contributed by atoms with Gasteiger partial charge in [0.15, 0.2) is 0 Å². The van der Waals surface area contributed by atoms with Crippen molar-refractivity contribution in [1.29, 1.82) is 0 Å². The number of benzene rings is 6. The van der Waals surface area contributed by atoms with Crippen LogP contribution in [0.3, 0.4) is 0 Å². The van der Waals surface area contributed by atoms with Crippen LogP contribution in [0.2, 0.25) is 0 Å². The predicted molar refractivity (Wildman–Crippen MR) is 224 cm³/mol. The largest absolute Gasteiger partial charge is 0.320 e. The highest BCUT2D eigenvalue weighted by molar-refractivity contribution is 6.25. The second-order valence-electron chi connectivity index (χ2n) is 12.7. The first-order valence-electron chi connectivity index (χ1n) is 18.8. The lowest BCUT2D eigenvalue weighted by molar-refractivity contribution is 0.355. The van der Waals surface area contributed by atoms with Crippen molar-refractivity contribution < 1.29 is 0 Å². The summed E-state index contributed by atoms with van der Waals surface area (Å²) in [5.41, 5.74) is 14.6. The monoisotopic (exact) mass is 683 g/mol. The molecule has 5 heteroatoms. The van der Waals surface area contributed by atoms with Gasteiger partial charge in [-0.15, -0.1) is 0 Å². The smallest absolute Gasteiger partial charge is 0.108 e. The summed E-state index contributed by atoms with van der Waals surface area (Å²) in [4.78, 5) is 0. The van der Waals surface area contributed by atoms with Crippen LogP contribution in [0.5, 0.6) is 0 Å². The molecule has 8 aromatic rings. The minimum absolute atomic E-state index is 0.116. The van der Waals surface area contributed by atoms with Gasteiger partial charge in [0.1, 0.15) is 6.17 Å². The first-order valence-corrected chi connectivity index (χ1v) is 18.8. The summed E-state index contributed by atoms with van der Waals surface area (Å²) in [6, 6.07) is 48.3. The number of nitrogens with two attached hydrogens (primary N) is 1. The minimum atomic E-state index is -0.143. The predicted octanol–water partition coefficient (Wildman–Crippen LogP) is 11.7. The summed E-state index contributed by atoms with van der Waals surface area (Å²) >= 11 is 0. The number of nitrogens with zero attached hydrogens (tertiary/aromatic N) is 2. The second-order valence-corrected chi connectivity index (χ2v) is 12.7. The van der Waals surface area contributed by atoms with Crippen molar-refractivity contribution >= 4 is 54.4 Å². The molecule has 0 spiro atoms. The number of hydrogen-bond acceptors (Lipinski definition) is 3. The van der Waals surface area contributed by atoms with Gasteiger partial charge in [0.25, 0.3) is 0 Å². The van der Waals surface area contributed by atoms with Gasteiger partial charge in [-0.25, -0.2) is 0 Å². The third-order valence-electron chi connectivity index (χ3n) is 9.93. The Kier molecular flexibility index (Phi) is 10.6. The van der Waals surface area contributed by atoms with Crippen molar-refractivity contribution in [3.8, 4) is 5.69 Å². The molecule has 2 heterocycles. The van der Waals surface area contributed by atoms with E-state index in [0.29, 0.717) is 6.67 Å². The second kappa shape index (κ2) is 15.8. The third kappa shape index (κ3) is 6.22. The Labute approximate surface area is 307 Å². The zero-order valence-corrected chi connectivity index (χ0v) is 30.7. The van der Waals surface area contributed by atoms with Crippen LogP contribution in [-0.4, -0.2) is 15.8 Å². The van der Waals surface area contributed by atoms with E-state index in [1.54, 1.807) is 0 Å². The quantitative estimate of drug-likeness (QED) is 0.140. The van der Waals surface area contributed by atoms with Crippen molar-refractivity contribution in [3.05, 3.63) is 163 Å². The third-order valence-corrected chi connectivity index (χ3v) is 9.93. The minimum Gasteiger partial charge on any atom is -0.320 e. The molecule has 2 unspecified atom stereocenters. The molecule has 2 aromatic heterocycles. The molecule has 262 valence electrons. The molecule has 52 heavy (non-hydrogen) atoms. The average molecular weight is 684 g/mol. The molecule has 9 rings (SSSR count). The first-order chi connectivity index (χ1) is 25.8. The highest BCUT2D eigenvalue weighted by atomic mass is 15.3. The van der Waals surface area contributed by atoms with E-state index in [4.69, 9.17) is 5.73 Å². The summed E-state index contributed by atoms with van der Waals surface area (Å²) in [5.74, 6) is 0. The Morgan fingerprint density at radius 3 is 2.06 bits per heavy atom. The Balaban J connectivity index is 0.00000102. The maximum atomic E-state index is 6.14. The van der Waals surface area contributed by atoms with Crippen molar-refractivity contribution in [2.45, 2.75) is 52.9 Å². The number of aromatic nitrogens is 2. The molecule has 6 aromatic carbocycles. The van der Waals surface area contributed by atoms with Crippen LogP contribution in [0.15, 0.2) is 157 Å². The van der Waals surface area contributed by atoms with E-state index in [2.05, 4.69) is 171 Å². The Hall–Kier alpha value is -5.46. The molecule has 1 aliphatic carbocycles. The lowest BCUT2D eigenvalue weighted by Gasteiger charge is -2.31. The van der Waals surface area contributed by atoms with Crippen LogP contribution >= 0.6 is 0 Å². The molecule has 4 N–H and O–H groups in total. The number of fused-ring (bicyclic) bond motifs is 8. The van der Waals surface area contributed by atoms with Crippen molar-refractivity contribution in [1.82, 2.24) is 19.8 Å². The zero-order chi connectivity index (χ0) is 36.0. The summed E-state index contributed by atoms with van der Waals surface area (Å²) in [6.45, 7) is 8.36. The molecule has 0 saturated carbocycles. The molecule has 2 atom stereocenters. The van der Waals surface area contributed by atoms with Crippen molar-refractivity contribution in [2.75, 3.05) is 6.67 Å². The van der Waals surface area contributed by atoms with Crippen molar-refractivity contribution in [2.24, 2.45) is 5.73 Å². The van der Waals surface area contributed by atoms with Crippen LogP contribution in [0.1, 0.15) is 58.4 Å². The Morgan fingerprint density at radius 1 is 0.635 bits per heavy atom. The van der Waals surface area contributed by atoms with E-state index in [9.17, 15) is 0 Å². The van der Waals surface area contributed by atoms with Gasteiger partial charge in [-0.05, 0) is 71.1 Å². The summed E-state index contributed by atoms with van der Waals surface area (Å²) in [6.07, 6.45) is 8.48. The lowest BCUT2D eigenvalue weighted by atomic mass is 10.0. The molecule has 5 nitrogen and oxygen atoms in total. The highest BCUT2D eigenvalue weighted by Crippen LogP contribution is 2.43. The van der Waals surface area contributed by atoms with Crippen LogP contribution in [0.4, 0.5) is 0 Å². The molecule has 0 aliphatic heterocycles. The number of allylic oxidation sites excluding steroid dienone is 3. The lowest BCUT2D eigenvalue weighted by Crippen LogP contribution is -2.41. The number of para-hydroxylation sites is 2. The van der Waals surface area contributed by atoms with Gasteiger partial charge in [-0.2, -0.15) is 0 Å². The SMILES string of the molecule is CC.CC.NCNC(NC(C1=CC=CCC1)n1c2ccccc2c2cc3c4c5ccccc5ccc4n(-c4ccccc4)c3cc21)c1ccccc1. The van der Waals surface area contributed by atoms with E-state index in [1.165, 1.54) is 60.0 Å². The molecule has 1 aliphatic rings. The van der Waals surface area contributed by atoms with E-state index >= 15 is 0 Å². The number of hydrogen-bond donors (Lipinski definition) is 3. The Morgan fingerprint density at radius 2 is 1.33 bits per heavy atom. The van der Waals surface area contributed by atoms with Crippen LogP contribution in [0, 0.1) is 0 Å². The molecule has 0 bridgehead atoms. The molecule has 0 saturated heterocycles. The van der Waals surface area contributed by atoms with Gasteiger partial charge in [0.2, 0.25) is 0 Å². The van der Waals surface area contributed by atoms with E-state index in [-0.39, 0.29) is 12.3 Å². The summed E-state index contributed by atoms with van der Waals surface area (Å²) < 4.78 is 4.96. The fourth-order valence-corrected chi connectivity index (χ4v) is 7.80. The number of nitrogens with one attached hydrogen (secondary N) is 2. The molecular weight excluding hydrogens is 635 g/mol. The van der Waals surface area contributed by atoms with E-state index in [0.717, 1.165) is 24.1 Å². The Bertz CT molecular complexity index is 2500.